The normalized spacial score (nSPS) is 17.9. The number of hydrogen-bond acceptors (Lipinski definition) is 4. The Morgan fingerprint density at radius 2 is 1.93 bits per heavy atom. The van der Waals surface area contributed by atoms with Gasteiger partial charge < -0.3 is 19.7 Å². The smallest absolute Gasteiger partial charge is 0.231 e. The maximum absolute atomic E-state index is 13.0. The summed E-state index contributed by atoms with van der Waals surface area (Å²) in [5.74, 6) is 1.37. The predicted molar refractivity (Wildman–Crippen MR) is 109 cm³/mol. The molecule has 1 atom stereocenters. The van der Waals surface area contributed by atoms with Gasteiger partial charge in [0.05, 0.1) is 0 Å². The molecular weight excluding hydrogens is 395 g/mol. The van der Waals surface area contributed by atoms with Crippen molar-refractivity contribution in [3.8, 4) is 11.5 Å². The maximum atomic E-state index is 13.0. The Balaban J connectivity index is 1.25. The minimum atomic E-state index is -0.238. The molecule has 0 saturated carbocycles. The van der Waals surface area contributed by atoms with Crippen LogP contribution in [0.3, 0.4) is 0 Å². The van der Waals surface area contributed by atoms with E-state index in [9.17, 15) is 9.18 Å². The van der Waals surface area contributed by atoms with Gasteiger partial charge in [0.25, 0.3) is 0 Å². The van der Waals surface area contributed by atoms with E-state index in [1.165, 1.54) is 12.1 Å². The molecule has 2 heterocycles. The molecular formula is C22H24ClFN2O3. The van der Waals surface area contributed by atoms with E-state index < -0.39 is 0 Å². The molecule has 5 nitrogen and oxygen atoms in total. The summed E-state index contributed by atoms with van der Waals surface area (Å²) in [5.41, 5.74) is 2.01. The molecule has 29 heavy (non-hydrogen) atoms. The summed E-state index contributed by atoms with van der Waals surface area (Å²) in [6.45, 7) is 2.32. The van der Waals surface area contributed by atoms with E-state index in [2.05, 4.69) is 5.32 Å². The van der Waals surface area contributed by atoms with E-state index in [1.807, 2.05) is 11.0 Å². The van der Waals surface area contributed by atoms with Gasteiger partial charge in [-0.05, 0) is 55.1 Å². The topological polar surface area (TPSA) is 50.8 Å². The van der Waals surface area contributed by atoms with Crippen molar-refractivity contribution in [3.05, 3.63) is 58.4 Å². The highest BCUT2D eigenvalue weighted by Crippen LogP contribution is 2.36. The Bertz CT molecular complexity index is 875. The van der Waals surface area contributed by atoms with Crippen LogP contribution in [0.5, 0.6) is 11.5 Å². The third-order valence-electron chi connectivity index (χ3n) is 5.52. The van der Waals surface area contributed by atoms with Gasteiger partial charge in [0, 0.05) is 36.6 Å². The van der Waals surface area contributed by atoms with Crippen LogP contribution in [0.4, 0.5) is 4.39 Å². The molecule has 2 aromatic carbocycles. The van der Waals surface area contributed by atoms with Crippen molar-refractivity contribution in [2.45, 2.75) is 38.3 Å². The number of benzene rings is 2. The lowest BCUT2D eigenvalue weighted by Crippen LogP contribution is -2.36. The van der Waals surface area contributed by atoms with Gasteiger partial charge in [0.15, 0.2) is 11.5 Å². The van der Waals surface area contributed by atoms with Gasteiger partial charge in [0.1, 0.15) is 5.82 Å². The minimum absolute atomic E-state index is 0.205. The van der Waals surface area contributed by atoms with Gasteiger partial charge in [-0.2, -0.15) is 0 Å². The van der Waals surface area contributed by atoms with Crippen molar-refractivity contribution in [1.29, 1.82) is 0 Å². The van der Waals surface area contributed by atoms with Crippen molar-refractivity contribution < 1.29 is 18.7 Å². The summed E-state index contributed by atoms with van der Waals surface area (Å²) >= 11 is 6.31. The van der Waals surface area contributed by atoms with Crippen molar-refractivity contribution in [3.63, 3.8) is 0 Å². The molecule has 0 spiro atoms. The number of amides is 1. The molecule has 0 aliphatic carbocycles. The highest BCUT2D eigenvalue weighted by molar-refractivity contribution is 6.31. The quantitative estimate of drug-likeness (QED) is 0.660. The van der Waals surface area contributed by atoms with Crippen LogP contribution in [0, 0.1) is 5.82 Å². The summed E-state index contributed by atoms with van der Waals surface area (Å²) in [6.07, 6.45) is 3.11. The number of fused-ring (bicyclic) bond motifs is 1. The molecule has 2 aliphatic heterocycles. The van der Waals surface area contributed by atoms with E-state index in [0.29, 0.717) is 30.3 Å². The van der Waals surface area contributed by atoms with Crippen molar-refractivity contribution in [2.24, 2.45) is 0 Å². The lowest BCUT2D eigenvalue weighted by molar-refractivity contribution is -0.129. The van der Waals surface area contributed by atoms with Crippen LogP contribution in [0.25, 0.3) is 0 Å². The number of hydrogen-bond donors (Lipinski definition) is 1. The molecule has 2 aromatic rings. The summed E-state index contributed by atoms with van der Waals surface area (Å²) < 4.78 is 23.8. The lowest BCUT2D eigenvalue weighted by atomic mass is 10.1. The molecule has 0 unspecified atom stereocenters. The Hall–Kier alpha value is -2.31. The zero-order chi connectivity index (χ0) is 20.2. The number of nitrogens with one attached hydrogen (secondary N) is 1. The van der Waals surface area contributed by atoms with E-state index in [-0.39, 0.29) is 24.6 Å². The number of carbonyl (C=O) groups is 1. The molecule has 0 radical (unpaired) electrons. The standard InChI is InChI=1S/C22H24ClFN2O3/c23-19-12-21-20(28-14-29-21)11-16(19)13-25-9-7-18-5-6-22(27)26(18)10-8-15-1-3-17(24)4-2-15/h1-4,11-12,18,25H,5-10,13-14H2/t18-/m1/s1. The van der Waals surface area contributed by atoms with Crippen molar-refractivity contribution >= 4 is 17.5 Å². The van der Waals surface area contributed by atoms with E-state index in [0.717, 1.165) is 42.7 Å². The third kappa shape index (κ3) is 4.82. The molecule has 1 fully saturated rings. The van der Waals surface area contributed by atoms with Crippen LogP contribution in [0.2, 0.25) is 5.02 Å². The Morgan fingerprint density at radius 1 is 1.17 bits per heavy atom. The molecule has 1 saturated heterocycles. The number of likely N-dealkylation sites (tertiary alicyclic amines) is 1. The summed E-state index contributed by atoms with van der Waals surface area (Å²) in [7, 11) is 0. The average molecular weight is 419 g/mol. The predicted octanol–water partition coefficient (Wildman–Crippen LogP) is 3.92. The monoisotopic (exact) mass is 418 g/mol. The number of ether oxygens (including phenoxy) is 2. The molecule has 1 amide bonds. The highest BCUT2D eigenvalue weighted by Gasteiger charge is 2.29. The summed E-state index contributed by atoms with van der Waals surface area (Å²) in [4.78, 5) is 14.2. The van der Waals surface area contributed by atoms with Crippen LogP contribution in [0.1, 0.15) is 30.4 Å². The SMILES string of the molecule is O=C1CC[C@H](CCNCc2cc3c(cc2Cl)OCO3)N1CCc1ccc(F)cc1. The maximum Gasteiger partial charge on any atom is 0.231 e. The van der Waals surface area contributed by atoms with Gasteiger partial charge in [0.2, 0.25) is 12.7 Å². The first-order valence-electron chi connectivity index (χ1n) is 9.93. The Morgan fingerprint density at radius 3 is 2.72 bits per heavy atom. The molecule has 1 N–H and O–H groups in total. The van der Waals surface area contributed by atoms with Crippen LogP contribution >= 0.6 is 11.6 Å². The molecule has 2 aliphatic rings. The zero-order valence-electron chi connectivity index (χ0n) is 16.1. The van der Waals surface area contributed by atoms with E-state index >= 15 is 0 Å². The van der Waals surface area contributed by atoms with Crippen LogP contribution in [-0.2, 0) is 17.8 Å². The number of rotatable bonds is 8. The number of nitrogens with zero attached hydrogens (tertiary/aromatic N) is 1. The molecule has 7 heteroatoms. The Kier molecular flexibility index (Phi) is 6.21. The van der Waals surface area contributed by atoms with Crippen LogP contribution < -0.4 is 14.8 Å². The molecule has 154 valence electrons. The molecule has 0 bridgehead atoms. The first-order chi connectivity index (χ1) is 14.1. The van der Waals surface area contributed by atoms with Gasteiger partial charge in [-0.15, -0.1) is 0 Å². The summed E-state index contributed by atoms with van der Waals surface area (Å²) in [6, 6.07) is 10.4. The highest BCUT2D eigenvalue weighted by atomic mass is 35.5. The second-order valence-corrected chi connectivity index (χ2v) is 7.83. The first kappa shape index (κ1) is 20.0. The minimum Gasteiger partial charge on any atom is -0.454 e. The Labute approximate surface area is 174 Å². The average Bonchev–Trinajstić information content (AvgIpc) is 3.31. The third-order valence-corrected chi connectivity index (χ3v) is 5.87. The largest absolute Gasteiger partial charge is 0.454 e. The van der Waals surface area contributed by atoms with Crippen LogP contribution in [-0.4, -0.2) is 36.7 Å². The van der Waals surface area contributed by atoms with Crippen molar-refractivity contribution in [2.75, 3.05) is 19.9 Å². The molecule has 4 rings (SSSR count). The van der Waals surface area contributed by atoms with Gasteiger partial charge in [-0.1, -0.05) is 23.7 Å². The van der Waals surface area contributed by atoms with Gasteiger partial charge in [-0.25, -0.2) is 4.39 Å². The van der Waals surface area contributed by atoms with Crippen molar-refractivity contribution in [1.82, 2.24) is 10.2 Å². The van der Waals surface area contributed by atoms with Gasteiger partial charge in [-0.3, -0.25) is 4.79 Å². The fourth-order valence-corrected chi connectivity index (χ4v) is 4.11. The number of halogens is 2. The lowest BCUT2D eigenvalue weighted by Gasteiger charge is -2.25. The van der Waals surface area contributed by atoms with E-state index in [4.69, 9.17) is 21.1 Å². The second-order valence-electron chi connectivity index (χ2n) is 7.42. The van der Waals surface area contributed by atoms with Gasteiger partial charge >= 0.3 is 0 Å². The summed E-state index contributed by atoms with van der Waals surface area (Å²) in [5, 5.41) is 4.07. The second kappa shape index (κ2) is 9.01. The van der Waals surface area contributed by atoms with E-state index in [1.54, 1.807) is 18.2 Å². The zero-order valence-corrected chi connectivity index (χ0v) is 16.9. The number of carbonyl (C=O) groups excluding carboxylic acids is 1. The fourth-order valence-electron chi connectivity index (χ4n) is 3.89. The fraction of sp³-hybridized carbons (Fsp3) is 0.409. The molecule has 0 aromatic heterocycles. The first-order valence-corrected chi connectivity index (χ1v) is 10.3. The van der Waals surface area contributed by atoms with Crippen LogP contribution in [0.15, 0.2) is 36.4 Å².